The van der Waals surface area contributed by atoms with Crippen molar-refractivity contribution >= 4 is 29.6 Å². The Kier molecular flexibility index (Phi) is 3.65. The molecule has 8 heteroatoms. The Morgan fingerprint density at radius 1 is 1.00 bits per heavy atom. The molecular weight excluding hydrogens is 343 g/mol. The van der Waals surface area contributed by atoms with Crippen molar-refractivity contribution in [2.24, 2.45) is 0 Å². The maximum Gasteiger partial charge on any atom is 0.335 e. The number of hydrogen-bond acceptors (Lipinski definition) is 5. The predicted octanol–water partition coefficient (Wildman–Crippen LogP) is 2.22. The molecule has 2 aliphatic rings. The van der Waals surface area contributed by atoms with Gasteiger partial charge in [-0.25, -0.2) is 14.1 Å². The normalized spacial score (nSPS) is 17.7. The number of nitrogens with zero attached hydrogens (tertiary/aromatic N) is 1. The van der Waals surface area contributed by atoms with E-state index >= 15 is 0 Å². The molecule has 1 N–H and O–H groups in total. The zero-order chi connectivity index (χ0) is 18.3. The fraction of sp³-hybridized carbons (Fsp3) is 0.0556. The van der Waals surface area contributed by atoms with Crippen LogP contribution in [-0.2, 0) is 9.59 Å². The van der Waals surface area contributed by atoms with E-state index in [-0.39, 0.29) is 18.1 Å². The number of nitrogens with one attached hydrogen (secondary N) is 1. The summed E-state index contributed by atoms with van der Waals surface area (Å²) >= 11 is 0. The molecule has 0 aromatic heterocycles. The zero-order valence-corrected chi connectivity index (χ0v) is 13.2. The molecule has 130 valence electrons. The quantitative estimate of drug-likeness (QED) is 0.660. The Morgan fingerprint density at radius 3 is 2.50 bits per heavy atom. The number of urea groups is 1. The molecule has 4 amide bonds. The lowest BCUT2D eigenvalue weighted by Crippen LogP contribution is -2.54. The second kappa shape index (κ2) is 5.99. The van der Waals surface area contributed by atoms with Gasteiger partial charge < -0.3 is 9.47 Å². The van der Waals surface area contributed by atoms with E-state index in [1.54, 1.807) is 6.07 Å². The fourth-order valence-electron chi connectivity index (χ4n) is 2.64. The summed E-state index contributed by atoms with van der Waals surface area (Å²) in [4.78, 5) is 37.8. The van der Waals surface area contributed by atoms with Gasteiger partial charge in [-0.15, -0.1) is 0 Å². The summed E-state index contributed by atoms with van der Waals surface area (Å²) in [6.45, 7) is 0.0487. The number of carbonyl (C=O) groups excluding carboxylic acids is 3. The van der Waals surface area contributed by atoms with E-state index in [9.17, 15) is 18.8 Å². The molecule has 2 heterocycles. The SMILES string of the molecule is O=C1NC(=O)N(c2ccc3c(c2)OCO3)C(=O)/C1=C\c1ccc(F)cc1. The van der Waals surface area contributed by atoms with Gasteiger partial charge in [0.05, 0.1) is 5.69 Å². The first-order chi connectivity index (χ1) is 12.5. The molecule has 0 saturated carbocycles. The van der Waals surface area contributed by atoms with Crippen LogP contribution in [0.25, 0.3) is 6.08 Å². The molecule has 2 aromatic carbocycles. The number of barbiturate groups is 1. The van der Waals surface area contributed by atoms with Crippen LogP contribution in [0, 0.1) is 5.82 Å². The van der Waals surface area contributed by atoms with Crippen molar-refractivity contribution in [3.8, 4) is 11.5 Å². The summed E-state index contributed by atoms with van der Waals surface area (Å²) in [7, 11) is 0. The highest BCUT2D eigenvalue weighted by molar-refractivity contribution is 6.39. The molecule has 1 saturated heterocycles. The fourth-order valence-corrected chi connectivity index (χ4v) is 2.64. The van der Waals surface area contributed by atoms with Crippen molar-refractivity contribution in [1.29, 1.82) is 0 Å². The van der Waals surface area contributed by atoms with Gasteiger partial charge in [-0.2, -0.15) is 0 Å². The summed E-state index contributed by atoms with van der Waals surface area (Å²) in [5, 5.41) is 2.12. The van der Waals surface area contributed by atoms with Crippen LogP contribution < -0.4 is 19.7 Å². The highest BCUT2D eigenvalue weighted by Gasteiger charge is 2.37. The van der Waals surface area contributed by atoms with Crippen molar-refractivity contribution in [3.63, 3.8) is 0 Å². The molecular formula is C18H11FN2O5. The lowest BCUT2D eigenvalue weighted by atomic mass is 10.1. The molecule has 4 rings (SSSR count). The topological polar surface area (TPSA) is 84.9 Å². The monoisotopic (exact) mass is 354 g/mol. The lowest BCUT2D eigenvalue weighted by molar-refractivity contribution is -0.122. The van der Waals surface area contributed by atoms with E-state index < -0.39 is 23.7 Å². The van der Waals surface area contributed by atoms with Crippen molar-refractivity contribution in [2.45, 2.75) is 0 Å². The van der Waals surface area contributed by atoms with Gasteiger partial charge >= 0.3 is 6.03 Å². The van der Waals surface area contributed by atoms with Crippen LogP contribution in [0.4, 0.5) is 14.9 Å². The van der Waals surface area contributed by atoms with Crippen LogP contribution in [0.3, 0.4) is 0 Å². The van der Waals surface area contributed by atoms with Gasteiger partial charge in [-0.1, -0.05) is 12.1 Å². The first-order valence-electron chi connectivity index (χ1n) is 7.59. The number of ether oxygens (including phenoxy) is 2. The molecule has 0 unspecified atom stereocenters. The largest absolute Gasteiger partial charge is 0.454 e. The van der Waals surface area contributed by atoms with E-state index in [4.69, 9.17) is 9.47 Å². The van der Waals surface area contributed by atoms with E-state index in [0.717, 1.165) is 4.90 Å². The van der Waals surface area contributed by atoms with Crippen LogP contribution in [0.1, 0.15) is 5.56 Å². The number of rotatable bonds is 2. The first-order valence-corrected chi connectivity index (χ1v) is 7.59. The Hall–Kier alpha value is -3.68. The van der Waals surface area contributed by atoms with Crippen molar-refractivity contribution in [2.75, 3.05) is 11.7 Å². The minimum absolute atomic E-state index is 0.0487. The summed E-state index contributed by atoms with van der Waals surface area (Å²) in [5.74, 6) is -1.16. The first kappa shape index (κ1) is 15.8. The molecule has 0 bridgehead atoms. The molecule has 1 fully saturated rings. The number of halogens is 1. The van der Waals surface area contributed by atoms with Gasteiger partial charge in [0, 0.05) is 6.07 Å². The molecule has 0 aliphatic carbocycles. The van der Waals surface area contributed by atoms with Crippen LogP contribution in [-0.4, -0.2) is 24.6 Å². The van der Waals surface area contributed by atoms with E-state index in [0.29, 0.717) is 17.1 Å². The molecule has 26 heavy (non-hydrogen) atoms. The van der Waals surface area contributed by atoms with Crippen LogP contribution in [0.2, 0.25) is 0 Å². The number of anilines is 1. The number of amides is 4. The summed E-state index contributed by atoms with van der Waals surface area (Å²) in [6, 6.07) is 8.94. The number of imide groups is 2. The van der Waals surface area contributed by atoms with E-state index in [2.05, 4.69) is 5.32 Å². The second-order valence-electron chi connectivity index (χ2n) is 5.55. The number of fused-ring (bicyclic) bond motifs is 1. The summed E-state index contributed by atoms with van der Waals surface area (Å²) in [6.07, 6.45) is 1.30. The third-order valence-corrected chi connectivity index (χ3v) is 3.90. The molecule has 0 radical (unpaired) electrons. The van der Waals surface area contributed by atoms with Gasteiger partial charge in [-0.3, -0.25) is 14.9 Å². The molecule has 2 aromatic rings. The van der Waals surface area contributed by atoms with Gasteiger partial charge in [0.1, 0.15) is 11.4 Å². The molecule has 0 atom stereocenters. The number of benzene rings is 2. The highest BCUT2D eigenvalue weighted by Crippen LogP contribution is 2.36. The van der Waals surface area contributed by atoms with E-state index in [1.807, 2.05) is 0 Å². The van der Waals surface area contributed by atoms with Crippen LogP contribution in [0.5, 0.6) is 11.5 Å². The third kappa shape index (κ3) is 2.67. The lowest BCUT2D eigenvalue weighted by Gasteiger charge is -2.26. The Balaban J connectivity index is 1.71. The predicted molar refractivity (Wildman–Crippen MR) is 88.0 cm³/mol. The minimum Gasteiger partial charge on any atom is -0.454 e. The van der Waals surface area contributed by atoms with Crippen molar-refractivity contribution < 1.29 is 28.2 Å². The van der Waals surface area contributed by atoms with Crippen LogP contribution in [0.15, 0.2) is 48.0 Å². The average Bonchev–Trinajstić information content (AvgIpc) is 3.08. The van der Waals surface area contributed by atoms with Gasteiger partial charge in [0.2, 0.25) is 6.79 Å². The van der Waals surface area contributed by atoms with Gasteiger partial charge in [0.15, 0.2) is 11.5 Å². The number of carbonyl (C=O) groups is 3. The van der Waals surface area contributed by atoms with Gasteiger partial charge in [0.25, 0.3) is 11.8 Å². The maximum absolute atomic E-state index is 13.0. The highest BCUT2D eigenvalue weighted by atomic mass is 19.1. The minimum atomic E-state index is -0.866. The van der Waals surface area contributed by atoms with Crippen LogP contribution >= 0.6 is 0 Å². The molecule has 0 spiro atoms. The molecule has 2 aliphatic heterocycles. The summed E-state index contributed by atoms with van der Waals surface area (Å²) < 4.78 is 23.5. The Labute approximate surface area is 146 Å². The van der Waals surface area contributed by atoms with E-state index in [1.165, 1.54) is 42.5 Å². The van der Waals surface area contributed by atoms with Crippen molar-refractivity contribution in [3.05, 3.63) is 59.4 Å². The maximum atomic E-state index is 13.0. The zero-order valence-electron chi connectivity index (χ0n) is 13.2. The number of hydrogen-bond donors (Lipinski definition) is 1. The average molecular weight is 354 g/mol. The second-order valence-corrected chi connectivity index (χ2v) is 5.55. The smallest absolute Gasteiger partial charge is 0.335 e. The Morgan fingerprint density at radius 2 is 1.73 bits per heavy atom. The van der Waals surface area contributed by atoms with Crippen molar-refractivity contribution in [1.82, 2.24) is 5.32 Å². The summed E-state index contributed by atoms with van der Waals surface area (Å²) in [5.41, 5.74) is 0.438. The Bertz CT molecular complexity index is 968. The molecule has 7 nitrogen and oxygen atoms in total. The van der Waals surface area contributed by atoms with Gasteiger partial charge in [-0.05, 0) is 35.9 Å². The standard InChI is InChI=1S/C18H11FN2O5/c19-11-3-1-10(2-4-11)7-13-16(22)20-18(24)21(17(13)23)12-5-6-14-15(8-12)26-9-25-14/h1-8H,9H2,(H,20,22,24)/b13-7-. The third-order valence-electron chi connectivity index (χ3n) is 3.90.